The highest BCUT2D eigenvalue weighted by Crippen LogP contribution is 2.15. The number of hydrogen-bond acceptors (Lipinski definition) is 14. The maximum Gasteiger partial charge on any atom is 0.543 e. The molecule has 0 N–H and O–H groups in total. The molecule has 0 spiro atoms. The first-order valence-electron chi connectivity index (χ1n) is 15.3. The second-order valence-corrected chi connectivity index (χ2v) is 9.82. The van der Waals surface area contributed by atoms with Crippen LogP contribution in [-0.4, -0.2) is 50.7 Å². The number of rotatable bonds is 23. The van der Waals surface area contributed by atoms with Gasteiger partial charge in [-0.2, -0.15) is 0 Å². The van der Waals surface area contributed by atoms with Crippen molar-refractivity contribution in [2.45, 2.75) is 78.1 Å². The number of ether oxygens (including phenoxy) is 4. The quantitative estimate of drug-likeness (QED) is 0.0506. The molecule has 0 aliphatic carbocycles. The van der Waals surface area contributed by atoms with Gasteiger partial charge in [-0.3, -0.25) is 9.78 Å². The molecular weight excluding hydrogens is 608 g/mol. The predicted molar refractivity (Wildman–Crippen MR) is 159 cm³/mol. The van der Waals surface area contributed by atoms with E-state index in [2.05, 4.69) is 29.6 Å². The summed E-state index contributed by atoms with van der Waals surface area (Å²) in [6, 6.07) is 12.4. The third kappa shape index (κ3) is 17.1. The minimum atomic E-state index is -1.12. The summed E-state index contributed by atoms with van der Waals surface area (Å²) in [5, 5.41) is 8.41. The fraction of sp³-hybridized carbons (Fsp3) is 0.500. The van der Waals surface area contributed by atoms with Gasteiger partial charge in [-0.05, 0) is 74.2 Å². The van der Waals surface area contributed by atoms with E-state index in [4.69, 9.17) is 18.9 Å². The molecule has 0 saturated carbocycles. The van der Waals surface area contributed by atoms with Crippen LogP contribution in [-0.2, 0) is 39.1 Å². The third-order valence-electron chi connectivity index (χ3n) is 6.03. The van der Waals surface area contributed by atoms with Gasteiger partial charge in [-0.15, -0.1) is 0 Å². The van der Waals surface area contributed by atoms with Crippen LogP contribution in [0.1, 0.15) is 98.8 Å². The van der Waals surface area contributed by atoms with E-state index in [9.17, 15) is 19.2 Å². The van der Waals surface area contributed by atoms with Crippen molar-refractivity contribution in [1.29, 1.82) is 0 Å². The first-order valence-corrected chi connectivity index (χ1v) is 15.3. The van der Waals surface area contributed by atoms with Crippen LogP contribution >= 0.6 is 0 Å². The Kier molecular flexibility index (Phi) is 19.4. The summed E-state index contributed by atoms with van der Waals surface area (Å²) in [7, 11) is 0. The Morgan fingerprint density at radius 2 is 0.804 bits per heavy atom. The topological polar surface area (TPSA) is 161 Å². The minimum Gasteiger partial charge on any atom is -0.494 e. The molecule has 14 nitrogen and oxygen atoms in total. The summed E-state index contributed by atoms with van der Waals surface area (Å²) < 4.78 is 20.6. The van der Waals surface area contributed by atoms with E-state index >= 15 is 0 Å². The smallest absolute Gasteiger partial charge is 0.494 e. The van der Waals surface area contributed by atoms with Crippen molar-refractivity contribution in [3.05, 3.63) is 59.7 Å². The van der Waals surface area contributed by atoms with Crippen LogP contribution in [0.2, 0.25) is 0 Å². The van der Waals surface area contributed by atoms with E-state index in [1.807, 2.05) is 13.8 Å². The van der Waals surface area contributed by atoms with Crippen molar-refractivity contribution < 1.29 is 67.8 Å². The monoisotopic (exact) mass is 650 g/mol. The summed E-state index contributed by atoms with van der Waals surface area (Å²) in [6.45, 7) is 5.37. The Balaban J connectivity index is 1.36. The highest BCUT2D eigenvalue weighted by atomic mass is 17.5. The van der Waals surface area contributed by atoms with Gasteiger partial charge in [0.2, 0.25) is 0 Å². The Hall–Kier alpha value is -4.56. The molecule has 0 unspecified atom stereocenters. The van der Waals surface area contributed by atoms with Crippen molar-refractivity contribution in [3.8, 4) is 11.5 Å². The van der Waals surface area contributed by atoms with Crippen LogP contribution in [0.5, 0.6) is 11.5 Å². The number of benzene rings is 2. The van der Waals surface area contributed by atoms with Crippen molar-refractivity contribution in [2.24, 2.45) is 0 Å². The van der Waals surface area contributed by atoms with Crippen LogP contribution in [0.4, 0.5) is 9.59 Å². The normalized spacial score (nSPS) is 10.4. The van der Waals surface area contributed by atoms with Gasteiger partial charge in [0.25, 0.3) is 0 Å². The summed E-state index contributed by atoms with van der Waals surface area (Å²) in [4.78, 5) is 64.2. The van der Waals surface area contributed by atoms with Gasteiger partial charge < -0.3 is 18.9 Å². The minimum absolute atomic E-state index is 0.132. The lowest BCUT2D eigenvalue weighted by atomic mass is 10.1. The molecule has 2 aromatic carbocycles. The molecule has 0 atom stereocenters. The lowest BCUT2D eigenvalue weighted by molar-refractivity contribution is -0.452. The van der Waals surface area contributed by atoms with Gasteiger partial charge in [0.1, 0.15) is 11.5 Å². The number of carbonyl (C=O) groups excluding carboxylic acids is 4. The zero-order valence-electron chi connectivity index (χ0n) is 26.2. The lowest BCUT2D eigenvalue weighted by Gasteiger charge is -2.06. The average molecular weight is 651 g/mol. The van der Waals surface area contributed by atoms with Crippen molar-refractivity contribution in [1.82, 2.24) is 0 Å². The van der Waals surface area contributed by atoms with Gasteiger partial charge in [0.05, 0.1) is 47.6 Å². The van der Waals surface area contributed by atoms with Gasteiger partial charge in [-0.25, -0.2) is 29.0 Å². The Morgan fingerprint density at radius 1 is 0.457 bits per heavy atom. The number of unbranched alkanes of at least 4 members (excludes halogenated alkanes) is 7. The summed E-state index contributed by atoms with van der Waals surface area (Å²) in [5.41, 5.74) is 0.385. The molecule has 0 aliphatic rings. The summed E-state index contributed by atoms with van der Waals surface area (Å²) >= 11 is 0. The summed E-state index contributed by atoms with van der Waals surface area (Å²) in [5.74, 6) is -0.444. The molecule has 0 bridgehead atoms. The van der Waals surface area contributed by atoms with E-state index in [1.54, 1.807) is 24.3 Å². The van der Waals surface area contributed by atoms with Crippen LogP contribution in [0.15, 0.2) is 48.5 Å². The fourth-order valence-corrected chi connectivity index (χ4v) is 3.69. The highest BCUT2D eigenvalue weighted by molar-refractivity contribution is 5.89. The first-order chi connectivity index (χ1) is 22.4. The van der Waals surface area contributed by atoms with Gasteiger partial charge in [0.15, 0.2) is 0 Å². The van der Waals surface area contributed by atoms with Crippen LogP contribution in [0.3, 0.4) is 0 Å². The van der Waals surface area contributed by atoms with E-state index in [-0.39, 0.29) is 24.3 Å². The standard InChI is InChI=1S/C32H42O14/c1-3-21-37-27-17-13-25(14-18-27)29(33)41-45-43-31(35)39-23-11-9-7-5-6-8-10-12-24-40-32(36)44-46-42-30(34)26-15-19-28(20-16-26)38-22-4-2/h13-20H,3-12,21-24H2,1-2H3. The second-order valence-electron chi connectivity index (χ2n) is 9.82. The molecule has 0 heterocycles. The zero-order chi connectivity index (χ0) is 33.2. The highest BCUT2D eigenvalue weighted by Gasteiger charge is 2.14. The van der Waals surface area contributed by atoms with Crippen LogP contribution in [0, 0.1) is 0 Å². The molecule has 14 heteroatoms. The molecule has 254 valence electrons. The number of hydrogen-bond donors (Lipinski definition) is 0. The number of carbonyl (C=O) groups is 4. The Labute approximate surface area is 267 Å². The lowest BCUT2D eigenvalue weighted by Crippen LogP contribution is -2.12. The van der Waals surface area contributed by atoms with E-state index in [0.29, 0.717) is 37.6 Å². The Morgan fingerprint density at radius 3 is 1.15 bits per heavy atom. The fourth-order valence-electron chi connectivity index (χ4n) is 3.69. The molecule has 0 radical (unpaired) electrons. The molecular formula is C32H42O14. The van der Waals surface area contributed by atoms with E-state index in [0.717, 1.165) is 51.4 Å². The van der Waals surface area contributed by atoms with Gasteiger partial charge in [0, 0.05) is 0 Å². The zero-order valence-corrected chi connectivity index (χ0v) is 26.2. The summed E-state index contributed by atoms with van der Waals surface area (Å²) in [6.07, 6.45) is 6.34. The molecule has 2 rings (SSSR count). The molecule has 46 heavy (non-hydrogen) atoms. The maximum absolute atomic E-state index is 11.9. The Bertz CT molecular complexity index is 1060. The largest absolute Gasteiger partial charge is 0.543 e. The van der Waals surface area contributed by atoms with Gasteiger partial charge in [-0.1, -0.05) is 52.4 Å². The van der Waals surface area contributed by atoms with Crippen molar-refractivity contribution in [2.75, 3.05) is 26.4 Å². The van der Waals surface area contributed by atoms with E-state index < -0.39 is 24.2 Å². The van der Waals surface area contributed by atoms with Crippen LogP contribution in [0.25, 0.3) is 0 Å². The van der Waals surface area contributed by atoms with E-state index in [1.165, 1.54) is 24.3 Å². The van der Waals surface area contributed by atoms with Gasteiger partial charge >= 0.3 is 24.2 Å². The molecule has 0 saturated heterocycles. The SMILES string of the molecule is CCCOc1ccc(C(=O)OOOC(=O)OCCCCCCCCCCOC(=O)OOOC(=O)c2ccc(OCCC)cc2)cc1. The van der Waals surface area contributed by atoms with Crippen molar-refractivity contribution in [3.63, 3.8) is 0 Å². The van der Waals surface area contributed by atoms with Crippen LogP contribution < -0.4 is 9.47 Å². The third-order valence-corrected chi connectivity index (χ3v) is 6.03. The molecule has 0 amide bonds. The molecule has 0 aliphatic heterocycles. The molecule has 0 aromatic heterocycles. The predicted octanol–water partition coefficient (Wildman–Crippen LogP) is 7.40. The maximum atomic E-state index is 11.9. The molecule has 2 aromatic rings. The first kappa shape index (κ1) is 37.6. The average Bonchev–Trinajstić information content (AvgIpc) is 3.07. The van der Waals surface area contributed by atoms with Crippen molar-refractivity contribution >= 4 is 24.2 Å². The molecule has 0 fully saturated rings. The second kappa shape index (κ2) is 23.8.